The number of hydrogen-bond acceptors (Lipinski definition) is 1. The lowest BCUT2D eigenvalue weighted by atomic mass is 10.1. The molecular formula is C8H5OP. The van der Waals surface area contributed by atoms with Crippen LogP contribution in [0, 0.1) is 0 Å². The fourth-order valence-electron chi connectivity index (χ4n) is 1.00. The highest BCUT2D eigenvalue weighted by molar-refractivity contribution is 7.45. The van der Waals surface area contributed by atoms with E-state index in [4.69, 9.17) is 0 Å². The Labute approximate surface area is 60.5 Å². The summed E-state index contributed by atoms with van der Waals surface area (Å²) in [5.74, 6) is 2.13. The summed E-state index contributed by atoms with van der Waals surface area (Å²) in [5.41, 5.74) is 0.865. The zero-order chi connectivity index (χ0) is 6.97. The first-order valence-corrected chi connectivity index (χ1v) is 4.02. The van der Waals surface area contributed by atoms with Crippen molar-refractivity contribution in [2.24, 2.45) is 0 Å². The van der Waals surface area contributed by atoms with Gasteiger partial charge in [-0.1, -0.05) is 14.3 Å². The quantitative estimate of drug-likeness (QED) is 0.478. The Hall–Kier alpha value is -0.940. The third kappa shape index (κ3) is 0.714. The third-order valence-electron chi connectivity index (χ3n) is 1.50. The number of carbonyl (C=O) groups is 1. The van der Waals surface area contributed by atoms with E-state index in [1.54, 1.807) is 12.2 Å². The Morgan fingerprint density at radius 1 is 1.30 bits per heavy atom. The minimum atomic E-state index is 0.138. The Morgan fingerprint density at radius 2 is 2.20 bits per heavy atom. The Bertz CT molecular complexity index is 299. The highest BCUT2D eigenvalue weighted by atomic mass is 31.1. The molecule has 0 unspecified atom stereocenters. The van der Waals surface area contributed by atoms with E-state index >= 15 is 0 Å². The van der Waals surface area contributed by atoms with E-state index < -0.39 is 0 Å². The van der Waals surface area contributed by atoms with E-state index in [1.165, 1.54) is 0 Å². The SMILES string of the molecule is O=C1C=CC=C2P=CC=C12. The largest absolute Gasteiger partial charge is 0.289 e. The average Bonchev–Trinajstić information content (AvgIpc) is 2.36. The maximum Gasteiger partial charge on any atom is 0.186 e. The van der Waals surface area contributed by atoms with Crippen LogP contribution in [0.2, 0.25) is 0 Å². The second kappa shape index (κ2) is 2.03. The zero-order valence-corrected chi connectivity index (χ0v) is 6.14. The van der Waals surface area contributed by atoms with Crippen molar-refractivity contribution in [2.45, 2.75) is 0 Å². The molecule has 0 aromatic carbocycles. The maximum atomic E-state index is 11.1. The van der Waals surface area contributed by atoms with Gasteiger partial charge in [0.15, 0.2) is 5.78 Å². The van der Waals surface area contributed by atoms with Gasteiger partial charge < -0.3 is 0 Å². The first-order valence-electron chi connectivity index (χ1n) is 3.05. The summed E-state index contributed by atoms with van der Waals surface area (Å²) in [6.07, 6.45) is 7.28. The van der Waals surface area contributed by atoms with E-state index in [9.17, 15) is 4.79 Å². The molecule has 0 aromatic heterocycles. The minimum Gasteiger partial charge on any atom is -0.289 e. The molecule has 2 heteroatoms. The van der Waals surface area contributed by atoms with Gasteiger partial charge in [0, 0.05) is 10.9 Å². The van der Waals surface area contributed by atoms with E-state index in [0.717, 1.165) is 19.1 Å². The van der Waals surface area contributed by atoms with Crippen molar-refractivity contribution in [1.82, 2.24) is 0 Å². The second-order valence-electron chi connectivity index (χ2n) is 2.13. The van der Waals surface area contributed by atoms with Crippen molar-refractivity contribution in [3.05, 3.63) is 35.2 Å². The first-order chi connectivity index (χ1) is 4.88. The van der Waals surface area contributed by atoms with Gasteiger partial charge in [-0.3, -0.25) is 4.79 Å². The summed E-state index contributed by atoms with van der Waals surface area (Å²) in [6.45, 7) is 0. The summed E-state index contributed by atoms with van der Waals surface area (Å²) in [6, 6.07) is 0. The molecule has 0 spiro atoms. The smallest absolute Gasteiger partial charge is 0.186 e. The fraction of sp³-hybridized carbons (Fsp3) is 0. The van der Waals surface area contributed by atoms with Crippen LogP contribution in [-0.2, 0) is 4.79 Å². The number of fused-ring (bicyclic) bond motifs is 1. The standard InChI is InChI=1S/C8H5OP/c9-7-2-1-3-8-6(7)4-5-10-8/h1-5H. The van der Waals surface area contributed by atoms with Crippen LogP contribution in [0.3, 0.4) is 0 Å². The van der Waals surface area contributed by atoms with E-state index in [-0.39, 0.29) is 5.78 Å². The van der Waals surface area contributed by atoms with Crippen LogP contribution >= 0.6 is 8.20 Å². The molecule has 0 saturated carbocycles. The Balaban J connectivity index is 2.54. The number of carbonyl (C=O) groups excluding carboxylic acids is 1. The molecule has 1 aliphatic carbocycles. The lowest BCUT2D eigenvalue weighted by Gasteiger charge is -2.01. The van der Waals surface area contributed by atoms with E-state index in [2.05, 4.69) is 0 Å². The fourth-order valence-corrected chi connectivity index (χ4v) is 1.88. The molecule has 1 heterocycles. The van der Waals surface area contributed by atoms with Crippen LogP contribution < -0.4 is 0 Å². The Kier molecular flexibility index (Phi) is 1.18. The molecule has 0 N–H and O–H groups in total. The van der Waals surface area contributed by atoms with Gasteiger partial charge in [-0.05, 0) is 24.0 Å². The van der Waals surface area contributed by atoms with E-state index in [0.29, 0.717) is 0 Å². The normalized spacial score (nSPS) is 22.2. The van der Waals surface area contributed by atoms with Crippen molar-refractivity contribution >= 4 is 19.8 Å². The second-order valence-corrected chi connectivity index (χ2v) is 3.17. The predicted octanol–water partition coefficient (Wildman–Crippen LogP) is 1.70. The van der Waals surface area contributed by atoms with Crippen LogP contribution in [-0.4, -0.2) is 11.6 Å². The molecule has 0 atom stereocenters. The van der Waals surface area contributed by atoms with Crippen LogP contribution in [0.4, 0.5) is 0 Å². The molecule has 0 fully saturated rings. The lowest BCUT2D eigenvalue weighted by Crippen LogP contribution is -1.99. The molecular weight excluding hydrogens is 143 g/mol. The molecule has 2 rings (SSSR count). The Morgan fingerprint density at radius 3 is 3.00 bits per heavy atom. The lowest BCUT2D eigenvalue weighted by molar-refractivity contribution is -0.111. The molecule has 0 amide bonds. The van der Waals surface area contributed by atoms with Crippen LogP contribution in [0.5, 0.6) is 0 Å². The maximum absolute atomic E-state index is 11.1. The number of hydrogen-bond donors (Lipinski definition) is 0. The molecule has 1 nitrogen and oxygen atoms in total. The van der Waals surface area contributed by atoms with Gasteiger partial charge in [0.1, 0.15) is 0 Å². The molecule has 48 valence electrons. The predicted molar refractivity (Wildman–Crippen MR) is 43.3 cm³/mol. The monoisotopic (exact) mass is 148 g/mol. The van der Waals surface area contributed by atoms with Gasteiger partial charge in [0.05, 0.1) is 0 Å². The van der Waals surface area contributed by atoms with Crippen LogP contribution in [0.25, 0.3) is 0 Å². The zero-order valence-electron chi connectivity index (χ0n) is 5.24. The molecule has 0 radical (unpaired) electrons. The molecule has 2 aliphatic rings. The number of rotatable bonds is 0. The number of allylic oxidation sites excluding steroid dienone is 6. The summed E-state index contributed by atoms with van der Waals surface area (Å²) in [5, 5.41) is 1.13. The van der Waals surface area contributed by atoms with E-state index in [1.807, 2.05) is 17.9 Å². The van der Waals surface area contributed by atoms with Crippen molar-refractivity contribution < 1.29 is 4.79 Å². The van der Waals surface area contributed by atoms with Crippen molar-refractivity contribution in [3.63, 3.8) is 0 Å². The summed E-state index contributed by atoms with van der Waals surface area (Å²) < 4.78 is 0. The minimum absolute atomic E-state index is 0.138. The van der Waals surface area contributed by atoms with Crippen molar-refractivity contribution in [3.8, 4) is 0 Å². The molecule has 0 aromatic rings. The van der Waals surface area contributed by atoms with Gasteiger partial charge in [-0.25, -0.2) is 0 Å². The van der Waals surface area contributed by atoms with Crippen molar-refractivity contribution in [1.29, 1.82) is 0 Å². The van der Waals surface area contributed by atoms with Gasteiger partial charge in [-0.2, -0.15) is 0 Å². The van der Waals surface area contributed by atoms with Gasteiger partial charge >= 0.3 is 0 Å². The molecule has 0 saturated heterocycles. The third-order valence-corrected chi connectivity index (χ3v) is 2.46. The summed E-state index contributed by atoms with van der Waals surface area (Å²) >= 11 is 0. The molecule has 1 aliphatic heterocycles. The average molecular weight is 148 g/mol. The van der Waals surface area contributed by atoms with Crippen LogP contribution in [0.1, 0.15) is 0 Å². The van der Waals surface area contributed by atoms with Crippen LogP contribution in [0.15, 0.2) is 35.2 Å². The summed E-state index contributed by atoms with van der Waals surface area (Å²) in [7, 11) is 1.15. The van der Waals surface area contributed by atoms with Crippen molar-refractivity contribution in [2.75, 3.05) is 0 Å². The topological polar surface area (TPSA) is 17.1 Å². The first kappa shape index (κ1) is 5.82. The van der Waals surface area contributed by atoms with Gasteiger partial charge in [0.2, 0.25) is 0 Å². The summed E-state index contributed by atoms with van der Waals surface area (Å²) in [4.78, 5) is 11.1. The molecule has 10 heavy (non-hydrogen) atoms. The highest BCUT2D eigenvalue weighted by Crippen LogP contribution is 2.30. The molecule has 0 bridgehead atoms. The van der Waals surface area contributed by atoms with Gasteiger partial charge in [-0.15, -0.1) is 0 Å². The van der Waals surface area contributed by atoms with Gasteiger partial charge in [0.25, 0.3) is 0 Å². The number of ketones is 1. The highest BCUT2D eigenvalue weighted by Gasteiger charge is 2.14.